The van der Waals surface area contributed by atoms with Crippen LogP contribution in [0.3, 0.4) is 0 Å². The molecule has 1 aliphatic rings. The van der Waals surface area contributed by atoms with Gasteiger partial charge in [-0.25, -0.2) is 9.37 Å². The highest BCUT2D eigenvalue weighted by atomic mass is 32.1. The molecule has 1 aliphatic heterocycles. The van der Waals surface area contributed by atoms with Crippen molar-refractivity contribution in [2.24, 2.45) is 0 Å². The number of hydrogen-bond donors (Lipinski definition) is 0. The second-order valence-electron chi connectivity index (χ2n) is 6.96. The van der Waals surface area contributed by atoms with E-state index in [0.29, 0.717) is 19.5 Å². The highest BCUT2D eigenvalue weighted by Gasteiger charge is 2.22. The fourth-order valence-electron chi connectivity index (χ4n) is 3.41. The van der Waals surface area contributed by atoms with E-state index < -0.39 is 0 Å². The molecule has 1 amide bonds. The molecule has 0 saturated carbocycles. The first-order chi connectivity index (χ1) is 13.7. The average molecular weight is 396 g/mol. The van der Waals surface area contributed by atoms with Crippen molar-refractivity contribution in [3.63, 3.8) is 0 Å². The molecule has 0 N–H and O–H groups in total. The van der Waals surface area contributed by atoms with Crippen molar-refractivity contribution in [1.29, 1.82) is 0 Å². The number of rotatable bonds is 5. The first kappa shape index (κ1) is 18.8. The van der Waals surface area contributed by atoms with Gasteiger partial charge < -0.3 is 4.90 Å². The third-order valence-electron chi connectivity index (χ3n) is 4.92. The van der Waals surface area contributed by atoms with Crippen LogP contribution in [0.1, 0.15) is 17.0 Å². The third-order valence-corrected chi connectivity index (χ3v) is 5.76. The quantitative estimate of drug-likeness (QED) is 0.650. The van der Waals surface area contributed by atoms with Crippen LogP contribution in [0.15, 0.2) is 60.0 Å². The van der Waals surface area contributed by atoms with Gasteiger partial charge in [-0.2, -0.15) is 0 Å². The largest absolute Gasteiger partial charge is 0.337 e. The molecule has 2 aromatic carbocycles. The number of hydrogen-bond acceptors (Lipinski definition) is 4. The van der Waals surface area contributed by atoms with Crippen LogP contribution in [0.5, 0.6) is 0 Å². The van der Waals surface area contributed by atoms with E-state index in [-0.39, 0.29) is 11.7 Å². The molecular weight excluding hydrogens is 373 g/mol. The zero-order valence-electron chi connectivity index (χ0n) is 15.6. The summed E-state index contributed by atoms with van der Waals surface area (Å²) in [6.45, 7) is 3.37. The monoisotopic (exact) mass is 395 g/mol. The van der Waals surface area contributed by atoms with E-state index in [4.69, 9.17) is 4.98 Å². The molecule has 144 valence electrons. The van der Waals surface area contributed by atoms with Gasteiger partial charge in [0.15, 0.2) is 0 Å². The van der Waals surface area contributed by atoms with Crippen molar-refractivity contribution < 1.29 is 9.18 Å². The molecule has 4 rings (SSSR count). The van der Waals surface area contributed by atoms with Crippen LogP contribution in [0.4, 0.5) is 4.39 Å². The lowest BCUT2D eigenvalue weighted by molar-refractivity contribution is -0.130. The minimum atomic E-state index is -0.264. The molecule has 1 aromatic heterocycles. The summed E-state index contributed by atoms with van der Waals surface area (Å²) in [5.41, 5.74) is 2.95. The summed E-state index contributed by atoms with van der Waals surface area (Å²) in [5.74, 6) is -0.143. The Morgan fingerprint density at radius 1 is 1.00 bits per heavy atom. The van der Waals surface area contributed by atoms with Gasteiger partial charge in [-0.1, -0.05) is 42.5 Å². The van der Waals surface area contributed by atoms with Gasteiger partial charge in [-0.15, -0.1) is 11.3 Å². The lowest BCUT2D eigenvalue weighted by Crippen LogP contribution is -2.32. The number of nitrogens with zero attached hydrogens (tertiary/aromatic N) is 3. The van der Waals surface area contributed by atoms with E-state index in [2.05, 4.69) is 22.4 Å². The topological polar surface area (TPSA) is 36.4 Å². The van der Waals surface area contributed by atoms with E-state index in [0.717, 1.165) is 41.5 Å². The number of aromatic nitrogens is 1. The van der Waals surface area contributed by atoms with E-state index in [1.54, 1.807) is 17.4 Å². The molecule has 0 unspecified atom stereocenters. The summed E-state index contributed by atoms with van der Waals surface area (Å²) in [4.78, 5) is 21.3. The predicted octanol–water partition coefficient (Wildman–Crippen LogP) is 4.18. The normalized spacial score (nSPS) is 15.6. The highest BCUT2D eigenvalue weighted by molar-refractivity contribution is 7.09. The van der Waals surface area contributed by atoms with Crippen molar-refractivity contribution in [2.75, 3.05) is 19.6 Å². The van der Waals surface area contributed by atoms with Gasteiger partial charge in [0.25, 0.3) is 0 Å². The Balaban J connectivity index is 1.37. The van der Waals surface area contributed by atoms with Crippen LogP contribution in [0.25, 0.3) is 11.3 Å². The lowest BCUT2D eigenvalue weighted by atomic mass is 10.2. The van der Waals surface area contributed by atoms with Crippen LogP contribution < -0.4 is 0 Å². The van der Waals surface area contributed by atoms with Crippen molar-refractivity contribution >= 4 is 17.2 Å². The molecule has 0 radical (unpaired) electrons. The van der Waals surface area contributed by atoms with Gasteiger partial charge in [-0.3, -0.25) is 9.69 Å². The van der Waals surface area contributed by atoms with E-state index in [1.165, 1.54) is 12.1 Å². The number of thiazole rings is 1. The smallest absolute Gasteiger partial charge is 0.224 e. The van der Waals surface area contributed by atoms with Crippen molar-refractivity contribution in [2.45, 2.75) is 19.5 Å². The minimum Gasteiger partial charge on any atom is -0.337 e. The van der Waals surface area contributed by atoms with Crippen LogP contribution in [0, 0.1) is 5.82 Å². The first-order valence-electron chi connectivity index (χ1n) is 9.42. The number of carbonyl (C=O) groups is 1. The zero-order valence-corrected chi connectivity index (χ0v) is 16.4. The second-order valence-corrected chi connectivity index (χ2v) is 7.91. The molecule has 6 heteroatoms. The fraction of sp³-hybridized carbons (Fsp3) is 0.273. The van der Waals surface area contributed by atoms with Crippen molar-refractivity contribution in [3.8, 4) is 11.3 Å². The Labute approximate surface area is 168 Å². The van der Waals surface area contributed by atoms with Crippen LogP contribution in [-0.2, 0) is 17.9 Å². The second kappa shape index (κ2) is 8.63. The molecular formula is C22H22FN3OS. The molecule has 0 aliphatic carbocycles. The van der Waals surface area contributed by atoms with Crippen molar-refractivity contribution in [3.05, 3.63) is 76.4 Å². The minimum absolute atomic E-state index is 0.121. The molecule has 0 atom stereocenters. The van der Waals surface area contributed by atoms with Crippen LogP contribution >= 0.6 is 11.3 Å². The zero-order chi connectivity index (χ0) is 19.3. The Bertz CT molecular complexity index is 944. The summed E-state index contributed by atoms with van der Waals surface area (Å²) in [6.07, 6.45) is 0.478. The molecule has 2 heterocycles. The van der Waals surface area contributed by atoms with Gasteiger partial charge >= 0.3 is 0 Å². The molecule has 1 saturated heterocycles. The van der Waals surface area contributed by atoms with Gasteiger partial charge in [-0.05, 0) is 17.7 Å². The average Bonchev–Trinajstić information content (AvgIpc) is 3.11. The summed E-state index contributed by atoms with van der Waals surface area (Å²) in [6, 6.07) is 16.6. The SMILES string of the molecule is O=C1CCN(Cc2nc(-c3ccccc3)cs2)CCN1Cc1cccc(F)c1. The van der Waals surface area contributed by atoms with E-state index in [1.807, 2.05) is 29.2 Å². The Kier molecular flexibility index (Phi) is 5.78. The number of halogens is 1. The fourth-order valence-corrected chi connectivity index (χ4v) is 4.25. The molecule has 0 bridgehead atoms. The maximum Gasteiger partial charge on any atom is 0.224 e. The first-order valence-corrected chi connectivity index (χ1v) is 10.3. The number of amides is 1. The van der Waals surface area contributed by atoms with Gasteiger partial charge in [0.2, 0.25) is 5.91 Å². The summed E-state index contributed by atoms with van der Waals surface area (Å²) in [5, 5.41) is 3.15. The van der Waals surface area contributed by atoms with E-state index >= 15 is 0 Å². The summed E-state index contributed by atoms with van der Waals surface area (Å²) >= 11 is 1.66. The molecule has 4 nitrogen and oxygen atoms in total. The maximum atomic E-state index is 13.4. The molecule has 28 heavy (non-hydrogen) atoms. The Morgan fingerprint density at radius 3 is 2.68 bits per heavy atom. The van der Waals surface area contributed by atoms with E-state index in [9.17, 15) is 9.18 Å². The standard InChI is InChI=1S/C22H22FN3OS/c23-19-8-4-5-17(13-19)14-26-12-11-25(10-9-22(26)27)15-21-24-20(16-28-21)18-6-2-1-3-7-18/h1-8,13,16H,9-12,14-15H2. The third kappa shape index (κ3) is 4.64. The number of carbonyl (C=O) groups excluding carboxylic acids is 1. The van der Waals surface area contributed by atoms with Gasteiger partial charge in [0, 0.05) is 43.5 Å². The van der Waals surface area contributed by atoms with Gasteiger partial charge in [0.05, 0.1) is 12.2 Å². The highest BCUT2D eigenvalue weighted by Crippen LogP contribution is 2.23. The van der Waals surface area contributed by atoms with Crippen LogP contribution in [0.2, 0.25) is 0 Å². The van der Waals surface area contributed by atoms with Crippen LogP contribution in [-0.4, -0.2) is 40.3 Å². The Hall–Kier alpha value is -2.57. The maximum absolute atomic E-state index is 13.4. The van der Waals surface area contributed by atoms with Crippen molar-refractivity contribution in [1.82, 2.24) is 14.8 Å². The molecule has 3 aromatic rings. The molecule has 0 spiro atoms. The lowest BCUT2D eigenvalue weighted by Gasteiger charge is -2.21. The molecule has 1 fully saturated rings. The summed E-state index contributed by atoms with van der Waals surface area (Å²) in [7, 11) is 0. The number of benzene rings is 2. The summed E-state index contributed by atoms with van der Waals surface area (Å²) < 4.78 is 13.4. The predicted molar refractivity (Wildman–Crippen MR) is 109 cm³/mol. The Morgan fingerprint density at radius 2 is 1.86 bits per heavy atom. The van der Waals surface area contributed by atoms with Gasteiger partial charge in [0.1, 0.15) is 10.8 Å².